The zero-order chi connectivity index (χ0) is 16.2. The second kappa shape index (κ2) is 13.6. The average Bonchev–Trinajstić information content (AvgIpc) is 2.53. The Morgan fingerprint density at radius 1 is 1.22 bits per heavy atom. The molecule has 1 aromatic rings. The Kier molecular flexibility index (Phi) is 13.1. The van der Waals surface area contributed by atoms with Crippen LogP contribution in [0.4, 0.5) is 0 Å². The highest BCUT2D eigenvalue weighted by Gasteiger charge is 2.01. The van der Waals surface area contributed by atoms with Crippen LogP contribution in [0.5, 0.6) is 0 Å². The summed E-state index contributed by atoms with van der Waals surface area (Å²) in [4.78, 5) is 6.91. The molecule has 2 N–H and O–H groups in total. The average molecular weight is 434 g/mol. The molecule has 0 unspecified atom stereocenters. The summed E-state index contributed by atoms with van der Waals surface area (Å²) in [5.41, 5.74) is 2.56. The Morgan fingerprint density at radius 3 is 2.61 bits per heavy atom. The Hall–Kier alpha value is -0.860. The first kappa shape index (κ1) is 22.1. The number of methoxy groups -OCH3 is 1. The Morgan fingerprint density at radius 2 is 1.96 bits per heavy atom. The number of hydrogen-bond donors (Lipinski definition) is 2. The van der Waals surface area contributed by atoms with Gasteiger partial charge in [-0.25, -0.2) is 4.99 Å². The smallest absolute Gasteiger partial charge is 0.191 e. The van der Waals surface area contributed by atoms with E-state index in [0.29, 0.717) is 13.2 Å². The third-order valence-corrected chi connectivity index (χ3v) is 3.35. The Bertz CT molecular complexity index is 454. The van der Waals surface area contributed by atoms with Crippen LogP contribution in [0.2, 0.25) is 0 Å². The van der Waals surface area contributed by atoms with Gasteiger partial charge in [0.15, 0.2) is 5.96 Å². The van der Waals surface area contributed by atoms with Crippen LogP contribution in [0.3, 0.4) is 0 Å². The molecule has 0 aliphatic heterocycles. The number of aliphatic imine (C=N–C) groups is 1. The van der Waals surface area contributed by atoms with Gasteiger partial charge in [-0.15, -0.1) is 24.0 Å². The normalized spacial score (nSPS) is 11.3. The summed E-state index contributed by atoms with van der Waals surface area (Å²) in [6.07, 6.45) is 0. The summed E-state index contributed by atoms with van der Waals surface area (Å²) in [6.45, 7) is 9.20. The molecular formula is C17H31IN4O. The molecule has 0 aliphatic carbocycles. The lowest BCUT2D eigenvalue weighted by Gasteiger charge is -2.14. The number of rotatable bonds is 9. The summed E-state index contributed by atoms with van der Waals surface area (Å²) < 4.78 is 5.05. The molecule has 1 rings (SSSR count). The summed E-state index contributed by atoms with van der Waals surface area (Å²) in [5.74, 6) is 0.829. The molecule has 6 heteroatoms. The number of halogens is 1. The first-order valence-corrected chi connectivity index (χ1v) is 7.97. The number of guanidine groups is 1. The fourth-order valence-corrected chi connectivity index (χ4v) is 2.03. The van der Waals surface area contributed by atoms with Gasteiger partial charge in [0, 0.05) is 26.7 Å². The molecule has 0 saturated heterocycles. The second-order valence-corrected chi connectivity index (χ2v) is 5.27. The predicted octanol–water partition coefficient (Wildman–Crippen LogP) is 2.46. The molecule has 0 atom stereocenters. The van der Waals surface area contributed by atoms with Gasteiger partial charge in [0.05, 0.1) is 13.2 Å². The van der Waals surface area contributed by atoms with Crippen LogP contribution in [-0.2, 0) is 17.8 Å². The minimum absolute atomic E-state index is 0. The lowest BCUT2D eigenvalue weighted by molar-refractivity contribution is 0.203. The largest absolute Gasteiger partial charge is 0.383 e. The first-order valence-electron chi connectivity index (χ1n) is 7.97. The van der Waals surface area contributed by atoms with Gasteiger partial charge in [-0.1, -0.05) is 31.2 Å². The highest BCUT2D eigenvalue weighted by molar-refractivity contribution is 14.0. The minimum atomic E-state index is 0. The van der Waals surface area contributed by atoms with E-state index in [9.17, 15) is 0 Å². The Labute approximate surface area is 157 Å². The number of benzene rings is 1. The van der Waals surface area contributed by atoms with E-state index >= 15 is 0 Å². The van der Waals surface area contributed by atoms with Gasteiger partial charge in [0.25, 0.3) is 0 Å². The number of hydrogen-bond acceptors (Lipinski definition) is 3. The van der Waals surface area contributed by atoms with Crippen LogP contribution in [0.25, 0.3) is 0 Å². The van der Waals surface area contributed by atoms with Crippen molar-refractivity contribution in [3.05, 3.63) is 35.4 Å². The number of ether oxygens (including phenoxy) is 1. The van der Waals surface area contributed by atoms with Gasteiger partial charge in [-0.05, 0) is 31.6 Å². The van der Waals surface area contributed by atoms with E-state index in [4.69, 9.17) is 4.74 Å². The fraction of sp³-hybridized carbons (Fsp3) is 0.588. The molecule has 0 aliphatic rings. The van der Waals surface area contributed by atoms with Crippen molar-refractivity contribution in [3.8, 4) is 0 Å². The van der Waals surface area contributed by atoms with Gasteiger partial charge in [0.2, 0.25) is 0 Å². The molecule has 0 fully saturated rings. The zero-order valence-corrected chi connectivity index (χ0v) is 17.1. The second-order valence-electron chi connectivity index (χ2n) is 5.27. The van der Waals surface area contributed by atoms with E-state index < -0.39 is 0 Å². The number of nitrogens with one attached hydrogen (secondary N) is 2. The van der Waals surface area contributed by atoms with E-state index in [1.165, 1.54) is 11.1 Å². The first-order chi connectivity index (χ1) is 10.7. The maximum Gasteiger partial charge on any atom is 0.191 e. The summed E-state index contributed by atoms with van der Waals surface area (Å²) in [6, 6.07) is 8.63. The summed E-state index contributed by atoms with van der Waals surface area (Å²) >= 11 is 0. The number of nitrogens with zero attached hydrogens (tertiary/aromatic N) is 2. The highest BCUT2D eigenvalue weighted by atomic mass is 127. The van der Waals surface area contributed by atoms with Crippen LogP contribution < -0.4 is 10.6 Å². The van der Waals surface area contributed by atoms with Gasteiger partial charge in [-0.2, -0.15) is 0 Å². The van der Waals surface area contributed by atoms with Crippen molar-refractivity contribution in [2.24, 2.45) is 4.99 Å². The van der Waals surface area contributed by atoms with Crippen molar-refractivity contribution in [2.45, 2.75) is 26.9 Å². The standard InChI is InChI=1S/C17H30N4O.HI/c1-5-18-17(19-10-11-22-4)20-13-15-8-7-9-16(12-15)14-21(3)6-2;/h7-9,12H,5-6,10-11,13-14H2,1-4H3,(H2,18,19,20);1H. The van der Waals surface area contributed by atoms with Gasteiger partial charge >= 0.3 is 0 Å². The van der Waals surface area contributed by atoms with Crippen molar-refractivity contribution in [3.63, 3.8) is 0 Å². The van der Waals surface area contributed by atoms with Crippen molar-refractivity contribution >= 4 is 29.9 Å². The quantitative estimate of drug-likeness (QED) is 0.271. The van der Waals surface area contributed by atoms with Gasteiger partial charge < -0.3 is 20.3 Å². The molecule has 0 radical (unpaired) electrons. The summed E-state index contributed by atoms with van der Waals surface area (Å²) in [7, 11) is 3.83. The van der Waals surface area contributed by atoms with Crippen molar-refractivity contribution in [1.29, 1.82) is 0 Å². The zero-order valence-electron chi connectivity index (χ0n) is 14.8. The van der Waals surface area contributed by atoms with Crippen LogP contribution >= 0.6 is 24.0 Å². The highest BCUT2D eigenvalue weighted by Crippen LogP contribution is 2.08. The van der Waals surface area contributed by atoms with Crippen LogP contribution in [-0.4, -0.2) is 51.3 Å². The lowest BCUT2D eigenvalue weighted by atomic mass is 10.1. The van der Waals surface area contributed by atoms with E-state index in [-0.39, 0.29) is 24.0 Å². The van der Waals surface area contributed by atoms with Crippen LogP contribution in [0.15, 0.2) is 29.3 Å². The molecule has 132 valence electrons. The third kappa shape index (κ3) is 9.78. The van der Waals surface area contributed by atoms with E-state index in [1.807, 2.05) is 0 Å². The molecule has 1 aromatic carbocycles. The molecule has 0 spiro atoms. The molecule has 0 bridgehead atoms. The summed E-state index contributed by atoms with van der Waals surface area (Å²) in [5, 5.41) is 6.50. The van der Waals surface area contributed by atoms with Crippen molar-refractivity contribution in [2.75, 3.05) is 40.4 Å². The lowest BCUT2D eigenvalue weighted by Crippen LogP contribution is -2.38. The topological polar surface area (TPSA) is 48.9 Å². The van der Waals surface area contributed by atoms with Crippen LogP contribution in [0, 0.1) is 0 Å². The fourth-order valence-electron chi connectivity index (χ4n) is 2.03. The van der Waals surface area contributed by atoms with Crippen LogP contribution in [0.1, 0.15) is 25.0 Å². The predicted molar refractivity (Wildman–Crippen MR) is 109 cm³/mol. The van der Waals surface area contributed by atoms with Gasteiger partial charge in [-0.3, -0.25) is 0 Å². The molecule has 0 saturated carbocycles. The third-order valence-electron chi connectivity index (χ3n) is 3.35. The maximum atomic E-state index is 5.05. The molecule has 0 heterocycles. The Balaban J connectivity index is 0.00000484. The van der Waals surface area contributed by atoms with E-state index in [2.05, 4.69) is 65.7 Å². The molecule has 23 heavy (non-hydrogen) atoms. The SMILES string of the molecule is CCNC(=NCc1cccc(CN(C)CC)c1)NCCOC.I. The van der Waals surface area contributed by atoms with Crippen molar-refractivity contribution < 1.29 is 4.74 Å². The van der Waals surface area contributed by atoms with E-state index in [0.717, 1.165) is 32.1 Å². The monoisotopic (exact) mass is 434 g/mol. The van der Waals surface area contributed by atoms with Crippen molar-refractivity contribution in [1.82, 2.24) is 15.5 Å². The molecule has 5 nitrogen and oxygen atoms in total. The molecule has 0 aromatic heterocycles. The molecule has 0 amide bonds. The minimum Gasteiger partial charge on any atom is -0.383 e. The van der Waals surface area contributed by atoms with Gasteiger partial charge in [0.1, 0.15) is 0 Å². The maximum absolute atomic E-state index is 5.05. The van der Waals surface area contributed by atoms with E-state index in [1.54, 1.807) is 7.11 Å². The molecular weight excluding hydrogens is 403 g/mol.